The standard InChI is InChI=1S/C45H89O8P/c1-4-6-8-10-12-14-16-18-20-21-22-23-24-25-26-28-30-32-34-36-38-40-45(47)53-43(42-52-54(48,49)50-3)41-51-44(46)39-37-35-33-31-29-27-19-17-15-13-11-9-7-5-2/h43H,4-42H2,1-3H3,(H,48,49). The van der Waals surface area contributed by atoms with Crippen LogP contribution in [0.2, 0.25) is 0 Å². The zero-order valence-electron chi connectivity index (χ0n) is 35.9. The summed E-state index contributed by atoms with van der Waals surface area (Å²) >= 11 is 0. The number of hydrogen-bond donors (Lipinski definition) is 1. The zero-order valence-corrected chi connectivity index (χ0v) is 36.8. The highest BCUT2D eigenvalue weighted by Gasteiger charge is 2.24. The van der Waals surface area contributed by atoms with Crippen molar-refractivity contribution in [2.45, 2.75) is 258 Å². The third-order valence-corrected chi connectivity index (χ3v) is 11.5. The van der Waals surface area contributed by atoms with Crippen LogP contribution in [0.1, 0.15) is 251 Å². The zero-order chi connectivity index (χ0) is 39.6. The Labute approximate surface area is 334 Å². The molecule has 0 radical (unpaired) electrons. The second-order valence-corrected chi connectivity index (χ2v) is 17.5. The van der Waals surface area contributed by atoms with Gasteiger partial charge in [0, 0.05) is 20.0 Å². The lowest BCUT2D eigenvalue weighted by atomic mass is 10.0. The molecule has 0 saturated heterocycles. The van der Waals surface area contributed by atoms with Gasteiger partial charge < -0.3 is 14.4 Å². The van der Waals surface area contributed by atoms with Crippen LogP contribution in [0.3, 0.4) is 0 Å². The van der Waals surface area contributed by atoms with Crippen LogP contribution in [0.4, 0.5) is 0 Å². The summed E-state index contributed by atoms with van der Waals surface area (Å²) in [7, 11) is -3.19. The van der Waals surface area contributed by atoms with Crippen LogP contribution in [-0.4, -0.2) is 43.3 Å². The average molecular weight is 789 g/mol. The van der Waals surface area contributed by atoms with Gasteiger partial charge in [0.25, 0.3) is 0 Å². The first-order valence-electron chi connectivity index (χ1n) is 23.2. The van der Waals surface area contributed by atoms with Gasteiger partial charge in [0.15, 0.2) is 6.10 Å². The first-order valence-corrected chi connectivity index (χ1v) is 24.7. The predicted octanol–water partition coefficient (Wildman–Crippen LogP) is 14.7. The fraction of sp³-hybridized carbons (Fsp3) is 0.956. The van der Waals surface area contributed by atoms with Gasteiger partial charge in [0.2, 0.25) is 0 Å². The number of carbonyl (C=O) groups is 2. The molecule has 0 aliphatic rings. The number of esters is 2. The molecule has 0 aromatic heterocycles. The monoisotopic (exact) mass is 789 g/mol. The van der Waals surface area contributed by atoms with Crippen molar-refractivity contribution >= 4 is 19.8 Å². The maximum atomic E-state index is 12.5. The summed E-state index contributed by atoms with van der Waals surface area (Å²) in [6, 6.07) is 0. The molecular formula is C45H89O8P. The molecule has 0 bridgehead atoms. The van der Waals surface area contributed by atoms with Crippen LogP contribution in [0, 0.1) is 0 Å². The van der Waals surface area contributed by atoms with Gasteiger partial charge in [-0.3, -0.25) is 18.6 Å². The summed E-state index contributed by atoms with van der Waals surface area (Å²) in [6.45, 7) is 3.93. The van der Waals surface area contributed by atoms with Crippen molar-refractivity contribution in [3.8, 4) is 0 Å². The lowest BCUT2D eigenvalue weighted by molar-refractivity contribution is -0.161. The van der Waals surface area contributed by atoms with Gasteiger partial charge in [-0.2, -0.15) is 0 Å². The molecule has 54 heavy (non-hydrogen) atoms. The molecule has 2 unspecified atom stereocenters. The van der Waals surface area contributed by atoms with Crippen molar-refractivity contribution in [3.63, 3.8) is 0 Å². The molecule has 8 nitrogen and oxygen atoms in total. The highest BCUT2D eigenvalue weighted by atomic mass is 31.2. The Morgan fingerprint density at radius 1 is 0.444 bits per heavy atom. The van der Waals surface area contributed by atoms with Crippen LogP contribution < -0.4 is 0 Å². The van der Waals surface area contributed by atoms with Gasteiger partial charge in [0.1, 0.15) is 6.61 Å². The van der Waals surface area contributed by atoms with Crippen molar-refractivity contribution in [3.05, 3.63) is 0 Å². The molecule has 0 spiro atoms. The molecule has 322 valence electrons. The van der Waals surface area contributed by atoms with Crippen molar-refractivity contribution < 1.29 is 37.6 Å². The molecular weight excluding hydrogens is 699 g/mol. The lowest BCUT2D eigenvalue weighted by Gasteiger charge is -2.19. The highest BCUT2D eigenvalue weighted by molar-refractivity contribution is 7.47. The van der Waals surface area contributed by atoms with Crippen molar-refractivity contribution in [2.75, 3.05) is 20.3 Å². The summed E-state index contributed by atoms with van der Waals surface area (Å²) in [5, 5.41) is 0. The van der Waals surface area contributed by atoms with Crippen LogP contribution >= 0.6 is 7.82 Å². The van der Waals surface area contributed by atoms with Gasteiger partial charge >= 0.3 is 19.8 Å². The van der Waals surface area contributed by atoms with Crippen LogP contribution in [0.25, 0.3) is 0 Å². The second-order valence-electron chi connectivity index (χ2n) is 15.9. The van der Waals surface area contributed by atoms with E-state index < -0.39 is 26.5 Å². The van der Waals surface area contributed by atoms with Gasteiger partial charge in [-0.1, -0.05) is 226 Å². The van der Waals surface area contributed by atoms with Gasteiger partial charge in [-0.15, -0.1) is 0 Å². The third-order valence-electron chi connectivity index (χ3n) is 10.6. The minimum atomic E-state index is -4.25. The highest BCUT2D eigenvalue weighted by Crippen LogP contribution is 2.42. The number of phosphoric acid groups is 1. The molecule has 0 heterocycles. The predicted molar refractivity (Wildman–Crippen MR) is 226 cm³/mol. The maximum absolute atomic E-state index is 12.5. The van der Waals surface area contributed by atoms with E-state index in [-0.39, 0.29) is 19.0 Å². The van der Waals surface area contributed by atoms with Crippen LogP contribution in [0.5, 0.6) is 0 Å². The Kier molecular flexibility index (Phi) is 40.9. The molecule has 1 N–H and O–H groups in total. The topological polar surface area (TPSA) is 108 Å². The molecule has 9 heteroatoms. The number of hydrogen-bond acceptors (Lipinski definition) is 7. The van der Waals surface area contributed by atoms with Crippen LogP contribution in [0.15, 0.2) is 0 Å². The summed E-state index contributed by atoms with van der Waals surface area (Å²) in [5.74, 6) is -0.784. The van der Waals surface area contributed by atoms with Crippen molar-refractivity contribution in [2.24, 2.45) is 0 Å². The normalized spacial score (nSPS) is 13.2. The Morgan fingerprint density at radius 2 is 0.722 bits per heavy atom. The van der Waals surface area contributed by atoms with Crippen molar-refractivity contribution in [1.82, 2.24) is 0 Å². The summed E-state index contributed by atoms with van der Waals surface area (Å²) in [5.41, 5.74) is 0. The minimum absolute atomic E-state index is 0.216. The third kappa shape index (κ3) is 40.7. The molecule has 0 rings (SSSR count). The Balaban J connectivity index is 3.87. The molecule has 0 amide bonds. The number of carbonyl (C=O) groups excluding carboxylic acids is 2. The van der Waals surface area contributed by atoms with E-state index in [2.05, 4.69) is 18.4 Å². The quantitative estimate of drug-likeness (QED) is 0.0369. The van der Waals surface area contributed by atoms with E-state index in [0.29, 0.717) is 6.42 Å². The number of ether oxygens (including phenoxy) is 2. The Bertz CT molecular complexity index is 854. The van der Waals surface area contributed by atoms with E-state index in [0.717, 1.165) is 45.6 Å². The first kappa shape index (κ1) is 53.0. The SMILES string of the molecule is CCCCCCCCCCCCCCCCCCCCCCCC(=O)OC(COC(=O)CCCCCCCCCCCCCCCC)COP(=O)(O)OC. The van der Waals surface area contributed by atoms with Gasteiger partial charge in [-0.25, -0.2) is 4.57 Å². The molecule has 0 aromatic carbocycles. The first-order chi connectivity index (χ1) is 26.3. The largest absolute Gasteiger partial charge is 0.472 e. The smallest absolute Gasteiger partial charge is 0.462 e. The Morgan fingerprint density at radius 3 is 1.02 bits per heavy atom. The summed E-state index contributed by atoms with van der Waals surface area (Å²) in [4.78, 5) is 34.5. The second kappa shape index (κ2) is 41.7. The van der Waals surface area contributed by atoms with Crippen LogP contribution in [-0.2, 0) is 32.7 Å². The molecule has 0 aliphatic carbocycles. The number of rotatable bonds is 44. The lowest BCUT2D eigenvalue weighted by Crippen LogP contribution is -2.29. The van der Waals surface area contributed by atoms with E-state index in [9.17, 15) is 19.0 Å². The van der Waals surface area contributed by atoms with Gasteiger partial charge in [0.05, 0.1) is 6.61 Å². The average Bonchev–Trinajstić information content (AvgIpc) is 3.16. The van der Waals surface area contributed by atoms with E-state index in [1.807, 2.05) is 0 Å². The van der Waals surface area contributed by atoms with E-state index >= 15 is 0 Å². The molecule has 0 aliphatic heterocycles. The molecule has 2 atom stereocenters. The molecule has 0 aromatic rings. The molecule has 0 saturated carbocycles. The maximum Gasteiger partial charge on any atom is 0.472 e. The van der Waals surface area contributed by atoms with Gasteiger partial charge in [-0.05, 0) is 12.8 Å². The number of phosphoric ester groups is 1. The fourth-order valence-electron chi connectivity index (χ4n) is 7.01. The Hall–Kier alpha value is -0.950. The van der Waals surface area contributed by atoms with E-state index in [1.165, 1.54) is 186 Å². The van der Waals surface area contributed by atoms with E-state index in [4.69, 9.17) is 14.0 Å². The van der Waals surface area contributed by atoms with E-state index in [1.54, 1.807) is 0 Å². The minimum Gasteiger partial charge on any atom is -0.462 e. The van der Waals surface area contributed by atoms with Crippen molar-refractivity contribution in [1.29, 1.82) is 0 Å². The fourth-order valence-corrected chi connectivity index (χ4v) is 7.47. The summed E-state index contributed by atoms with van der Waals surface area (Å²) < 4.78 is 32.0. The molecule has 0 fully saturated rings. The summed E-state index contributed by atoms with van der Waals surface area (Å²) in [6.07, 6.45) is 44.5. The number of unbranched alkanes of at least 4 members (excludes halogenated alkanes) is 33.